The minimum absolute atomic E-state index is 0.473. The van der Waals surface area contributed by atoms with Gasteiger partial charge in [-0.2, -0.15) is 14.9 Å². The Morgan fingerprint density at radius 1 is 1.48 bits per heavy atom. The second-order valence-electron chi connectivity index (χ2n) is 4.65. The minimum Gasteiger partial charge on any atom is -0.496 e. The van der Waals surface area contributed by atoms with Crippen molar-refractivity contribution < 1.29 is 4.74 Å². The number of halogens is 1. The van der Waals surface area contributed by atoms with Crippen molar-refractivity contribution in [2.75, 3.05) is 7.11 Å². The Labute approximate surface area is 150 Å². The van der Waals surface area contributed by atoms with E-state index in [1.165, 1.54) is 4.88 Å². The molecule has 2 aromatic heterocycles. The van der Waals surface area contributed by atoms with Gasteiger partial charge in [0.1, 0.15) is 5.75 Å². The first-order valence-corrected chi connectivity index (χ1v) is 8.82. The fourth-order valence-corrected chi connectivity index (χ4v) is 3.47. The van der Waals surface area contributed by atoms with Crippen LogP contribution in [-0.4, -0.2) is 28.2 Å². The predicted octanol–water partition coefficient (Wildman–Crippen LogP) is 4.25. The average molecular weight is 409 g/mol. The summed E-state index contributed by atoms with van der Waals surface area (Å²) in [5, 5.41) is 13.5. The average Bonchev–Trinajstić information content (AvgIpc) is 3.17. The number of hydrogen-bond acceptors (Lipinski definition) is 5. The van der Waals surface area contributed by atoms with Crippen LogP contribution in [0.1, 0.15) is 16.3 Å². The quantitative estimate of drug-likeness (QED) is 0.507. The Kier molecular flexibility index (Phi) is 5.04. The molecule has 23 heavy (non-hydrogen) atoms. The van der Waals surface area contributed by atoms with Crippen LogP contribution in [0, 0.1) is 4.77 Å². The van der Waals surface area contributed by atoms with E-state index >= 15 is 0 Å². The molecular formula is C15H13BrN4OS2. The third-order valence-corrected chi connectivity index (χ3v) is 4.89. The minimum atomic E-state index is 0.473. The number of hydrogen-bond donors (Lipinski definition) is 1. The van der Waals surface area contributed by atoms with Crippen molar-refractivity contribution in [3.63, 3.8) is 0 Å². The molecule has 0 spiro atoms. The van der Waals surface area contributed by atoms with Crippen LogP contribution in [-0.2, 0) is 6.42 Å². The van der Waals surface area contributed by atoms with Crippen molar-refractivity contribution in [3.8, 4) is 5.75 Å². The summed E-state index contributed by atoms with van der Waals surface area (Å²) in [4.78, 5) is 1.21. The molecule has 0 amide bonds. The van der Waals surface area contributed by atoms with Crippen molar-refractivity contribution in [2.45, 2.75) is 6.42 Å². The number of nitrogens with one attached hydrogen (secondary N) is 1. The second kappa shape index (κ2) is 7.20. The van der Waals surface area contributed by atoms with Gasteiger partial charge in [0, 0.05) is 11.3 Å². The summed E-state index contributed by atoms with van der Waals surface area (Å²) in [5.74, 6) is 1.56. The molecule has 118 valence electrons. The number of methoxy groups -OCH3 is 1. The molecule has 0 aliphatic heterocycles. The number of nitrogens with zero attached hydrogens (tertiary/aromatic N) is 3. The predicted molar refractivity (Wildman–Crippen MR) is 98.2 cm³/mol. The zero-order valence-electron chi connectivity index (χ0n) is 12.2. The lowest BCUT2D eigenvalue weighted by atomic mass is 10.2. The number of ether oxygens (including phenoxy) is 1. The first-order valence-electron chi connectivity index (χ1n) is 6.74. The van der Waals surface area contributed by atoms with E-state index in [1.807, 2.05) is 29.6 Å². The number of aromatic amines is 1. The molecule has 3 aromatic rings. The zero-order valence-corrected chi connectivity index (χ0v) is 15.4. The van der Waals surface area contributed by atoms with Gasteiger partial charge in [0.2, 0.25) is 4.77 Å². The maximum Gasteiger partial charge on any atom is 0.216 e. The molecule has 8 heteroatoms. The van der Waals surface area contributed by atoms with Gasteiger partial charge >= 0.3 is 0 Å². The molecular weight excluding hydrogens is 396 g/mol. The fraction of sp³-hybridized carbons (Fsp3) is 0.133. The summed E-state index contributed by atoms with van der Waals surface area (Å²) in [6.45, 7) is 0. The molecule has 0 aliphatic rings. The van der Waals surface area contributed by atoms with Gasteiger partial charge in [-0.1, -0.05) is 6.07 Å². The summed E-state index contributed by atoms with van der Waals surface area (Å²) in [6, 6.07) is 9.83. The Hall–Kier alpha value is -1.77. The van der Waals surface area contributed by atoms with Crippen LogP contribution < -0.4 is 4.74 Å². The highest BCUT2D eigenvalue weighted by atomic mass is 79.9. The van der Waals surface area contributed by atoms with Gasteiger partial charge in [-0.25, -0.2) is 0 Å². The second-order valence-corrected chi connectivity index (χ2v) is 6.92. The van der Waals surface area contributed by atoms with E-state index < -0.39 is 0 Å². The topological polar surface area (TPSA) is 55.2 Å². The largest absolute Gasteiger partial charge is 0.496 e. The highest BCUT2D eigenvalue weighted by Gasteiger charge is 2.07. The smallest absolute Gasteiger partial charge is 0.216 e. The van der Waals surface area contributed by atoms with E-state index in [9.17, 15) is 0 Å². The molecule has 2 heterocycles. The third kappa shape index (κ3) is 3.77. The molecule has 0 atom stereocenters. The third-order valence-electron chi connectivity index (χ3n) is 3.13. The van der Waals surface area contributed by atoms with E-state index in [-0.39, 0.29) is 0 Å². The molecule has 1 N–H and O–H groups in total. The SMILES string of the molecule is COc1ccc(/C=N\n2c(Cc3cccs3)n[nH]c2=S)cc1Br. The van der Waals surface area contributed by atoms with Gasteiger partial charge in [-0.05, 0) is 63.4 Å². The Morgan fingerprint density at radius 2 is 2.35 bits per heavy atom. The van der Waals surface area contributed by atoms with E-state index in [0.717, 1.165) is 21.6 Å². The standard InChI is InChI=1S/C15H13BrN4OS2/c1-21-13-5-4-10(7-12(13)16)9-17-20-14(18-19-15(20)22)8-11-3-2-6-23-11/h2-7,9H,8H2,1H3,(H,19,22)/b17-9-. The maximum absolute atomic E-state index is 5.25. The van der Waals surface area contributed by atoms with Crippen LogP contribution in [0.15, 0.2) is 45.3 Å². The first-order chi connectivity index (χ1) is 11.2. The van der Waals surface area contributed by atoms with Gasteiger partial charge in [0.05, 0.1) is 17.8 Å². The molecule has 0 unspecified atom stereocenters. The lowest BCUT2D eigenvalue weighted by Gasteiger charge is -2.03. The van der Waals surface area contributed by atoms with Crippen molar-refractivity contribution in [1.82, 2.24) is 14.9 Å². The van der Waals surface area contributed by atoms with Crippen LogP contribution >= 0.6 is 39.5 Å². The van der Waals surface area contributed by atoms with Crippen LogP contribution in [0.5, 0.6) is 5.75 Å². The van der Waals surface area contributed by atoms with Crippen molar-refractivity contribution >= 4 is 45.7 Å². The molecule has 0 radical (unpaired) electrons. The van der Waals surface area contributed by atoms with Crippen molar-refractivity contribution in [1.29, 1.82) is 0 Å². The molecule has 0 saturated heterocycles. The van der Waals surface area contributed by atoms with Crippen LogP contribution in [0.3, 0.4) is 0 Å². The number of thiophene rings is 1. The zero-order chi connectivity index (χ0) is 16.2. The maximum atomic E-state index is 5.25. The van der Waals surface area contributed by atoms with Crippen molar-refractivity contribution in [3.05, 3.63) is 61.2 Å². The summed E-state index contributed by atoms with van der Waals surface area (Å²) in [6.07, 6.45) is 2.43. The van der Waals surface area contributed by atoms with Gasteiger partial charge in [-0.3, -0.25) is 5.10 Å². The number of aromatic nitrogens is 3. The highest BCUT2D eigenvalue weighted by molar-refractivity contribution is 9.10. The molecule has 0 saturated carbocycles. The van der Waals surface area contributed by atoms with E-state index in [1.54, 1.807) is 29.3 Å². The number of benzene rings is 1. The van der Waals surface area contributed by atoms with Gasteiger partial charge < -0.3 is 4.74 Å². The van der Waals surface area contributed by atoms with Gasteiger partial charge in [0.25, 0.3) is 0 Å². The lowest BCUT2D eigenvalue weighted by molar-refractivity contribution is 0.412. The normalized spacial score (nSPS) is 11.2. The van der Waals surface area contributed by atoms with Crippen LogP contribution in [0.4, 0.5) is 0 Å². The summed E-state index contributed by atoms with van der Waals surface area (Å²) >= 11 is 10.4. The highest BCUT2D eigenvalue weighted by Crippen LogP contribution is 2.24. The fourth-order valence-electron chi connectivity index (χ4n) is 2.01. The summed E-state index contributed by atoms with van der Waals surface area (Å²) < 4.78 is 8.21. The number of H-pyrrole nitrogens is 1. The molecule has 1 aromatic carbocycles. The Balaban J connectivity index is 1.86. The monoisotopic (exact) mass is 408 g/mol. The Morgan fingerprint density at radius 3 is 3.04 bits per heavy atom. The number of rotatable bonds is 5. The molecule has 5 nitrogen and oxygen atoms in total. The molecule has 3 rings (SSSR count). The van der Waals surface area contributed by atoms with Crippen LogP contribution in [0.25, 0.3) is 0 Å². The summed E-state index contributed by atoms with van der Waals surface area (Å²) in [5.41, 5.74) is 0.933. The first kappa shape index (κ1) is 16.1. The van der Waals surface area contributed by atoms with E-state index in [0.29, 0.717) is 11.2 Å². The van der Waals surface area contributed by atoms with Gasteiger partial charge in [-0.15, -0.1) is 11.3 Å². The molecule has 0 fully saturated rings. The summed E-state index contributed by atoms with van der Waals surface area (Å²) in [7, 11) is 1.63. The van der Waals surface area contributed by atoms with Crippen LogP contribution in [0.2, 0.25) is 0 Å². The van der Waals surface area contributed by atoms with Crippen molar-refractivity contribution in [2.24, 2.45) is 5.10 Å². The van der Waals surface area contributed by atoms with E-state index in [4.69, 9.17) is 17.0 Å². The molecule has 0 aliphatic carbocycles. The van der Waals surface area contributed by atoms with E-state index in [2.05, 4.69) is 37.3 Å². The molecule has 0 bridgehead atoms. The lowest BCUT2D eigenvalue weighted by Crippen LogP contribution is -1.99. The Bertz CT molecular complexity index is 883. The van der Waals surface area contributed by atoms with Gasteiger partial charge in [0.15, 0.2) is 5.82 Å².